The number of aliphatic hydroxyl groups excluding tert-OH is 1. The van der Waals surface area contributed by atoms with Crippen LogP contribution in [0.3, 0.4) is 0 Å². The summed E-state index contributed by atoms with van der Waals surface area (Å²) in [6.45, 7) is -0.0618. The molecule has 0 heterocycles. The van der Waals surface area contributed by atoms with Gasteiger partial charge in [0.1, 0.15) is 5.82 Å². The Balaban J connectivity index is 2.83. The van der Waals surface area contributed by atoms with E-state index in [0.717, 1.165) is 17.7 Å². The Morgan fingerprint density at radius 1 is 1.43 bits per heavy atom. The molecule has 1 aromatic carbocycles. The van der Waals surface area contributed by atoms with Gasteiger partial charge in [0.15, 0.2) is 0 Å². The zero-order chi connectivity index (χ0) is 10.4. The quantitative estimate of drug-likeness (QED) is 0.735. The highest BCUT2D eigenvalue weighted by atomic mass is 32.1. The number of hydrogen-bond acceptors (Lipinski definition) is 2. The molecule has 0 amide bonds. The lowest BCUT2D eigenvalue weighted by Crippen LogP contribution is -1.87. The summed E-state index contributed by atoms with van der Waals surface area (Å²) in [6, 6.07) is 4.58. The van der Waals surface area contributed by atoms with Gasteiger partial charge in [-0.15, -0.1) is 0 Å². The molecule has 0 aliphatic carbocycles. The average Bonchev–Trinajstić information content (AvgIpc) is 2.21. The average molecular weight is 212 g/mol. The van der Waals surface area contributed by atoms with Crippen LogP contribution in [0.5, 0.6) is 0 Å². The van der Waals surface area contributed by atoms with Crippen molar-refractivity contribution in [1.29, 1.82) is 0 Å². The van der Waals surface area contributed by atoms with E-state index in [0.29, 0.717) is 5.56 Å². The molecule has 1 aromatic rings. The summed E-state index contributed by atoms with van der Waals surface area (Å²) in [5.41, 5.74) is 1.23. The molecule has 14 heavy (non-hydrogen) atoms. The molecular formula is C11H13FOS. The highest BCUT2D eigenvalue weighted by Crippen LogP contribution is 2.12. The second-order valence-electron chi connectivity index (χ2n) is 2.93. The third-order valence-corrected chi connectivity index (χ3v) is 2.09. The largest absolute Gasteiger partial charge is 0.392 e. The molecule has 0 radical (unpaired) electrons. The molecule has 0 spiro atoms. The van der Waals surface area contributed by atoms with Crippen molar-refractivity contribution in [2.24, 2.45) is 0 Å². The molecule has 3 heteroatoms. The number of halogens is 1. The van der Waals surface area contributed by atoms with Gasteiger partial charge >= 0.3 is 0 Å². The molecule has 0 saturated heterocycles. The van der Waals surface area contributed by atoms with E-state index in [4.69, 9.17) is 5.11 Å². The van der Waals surface area contributed by atoms with Gasteiger partial charge in [0.2, 0.25) is 0 Å². The summed E-state index contributed by atoms with van der Waals surface area (Å²) in [5, 5.41) is 8.87. The van der Waals surface area contributed by atoms with Crippen LogP contribution in [0.1, 0.15) is 17.5 Å². The molecule has 0 atom stereocenters. The molecule has 1 N–H and O–H groups in total. The Hall–Kier alpha value is -0.800. The Bertz CT molecular complexity index is 323. The summed E-state index contributed by atoms with van der Waals surface area (Å²) in [6.07, 6.45) is 4.39. The van der Waals surface area contributed by atoms with Crippen LogP contribution in [0.2, 0.25) is 0 Å². The molecule has 1 rings (SSSR count). The Kier molecular flexibility index (Phi) is 4.70. The van der Waals surface area contributed by atoms with Crippen molar-refractivity contribution in [2.45, 2.75) is 13.0 Å². The van der Waals surface area contributed by atoms with Crippen molar-refractivity contribution >= 4 is 18.7 Å². The van der Waals surface area contributed by atoms with Gasteiger partial charge in [-0.3, -0.25) is 0 Å². The first-order valence-corrected chi connectivity index (χ1v) is 5.08. The zero-order valence-corrected chi connectivity index (χ0v) is 8.67. The van der Waals surface area contributed by atoms with Crippen LogP contribution in [0.4, 0.5) is 4.39 Å². The van der Waals surface area contributed by atoms with Crippen LogP contribution in [-0.2, 0) is 6.61 Å². The lowest BCUT2D eigenvalue weighted by atomic mass is 10.1. The molecular weight excluding hydrogens is 199 g/mol. The maximum Gasteiger partial charge on any atom is 0.130 e. The van der Waals surface area contributed by atoms with Crippen molar-refractivity contribution < 1.29 is 9.50 Å². The SMILES string of the molecule is OCc1ccc(F)c(C=CCCS)c1. The highest BCUT2D eigenvalue weighted by Gasteiger charge is 1.99. The summed E-state index contributed by atoms with van der Waals surface area (Å²) in [4.78, 5) is 0. The molecule has 0 aromatic heterocycles. The van der Waals surface area contributed by atoms with Crippen molar-refractivity contribution in [3.05, 3.63) is 41.2 Å². The van der Waals surface area contributed by atoms with Crippen molar-refractivity contribution in [3.8, 4) is 0 Å². The number of allylic oxidation sites excluding steroid dienone is 1. The molecule has 0 bridgehead atoms. The van der Waals surface area contributed by atoms with Gasteiger partial charge in [-0.1, -0.05) is 18.2 Å². The van der Waals surface area contributed by atoms with E-state index >= 15 is 0 Å². The van der Waals surface area contributed by atoms with Crippen LogP contribution >= 0.6 is 12.6 Å². The predicted octanol–water partition coefficient (Wildman–Crippen LogP) is 2.65. The second-order valence-corrected chi connectivity index (χ2v) is 3.38. The number of rotatable bonds is 4. The first-order chi connectivity index (χ1) is 6.77. The summed E-state index contributed by atoms with van der Waals surface area (Å²) < 4.78 is 13.2. The van der Waals surface area contributed by atoms with E-state index in [-0.39, 0.29) is 12.4 Å². The van der Waals surface area contributed by atoms with Gasteiger partial charge in [0.05, 0.1) is 6.61 Å². The minimum absolute atomic E-state index is 0.0618. The van der Waals surface area contributed by atoms with Crippen LogP contribution in [0.25, 0.3) is 6.08 Å². The van der Waals surface area contributed by atoms with Gasteiger partial charge in [0.25, 0.3) is 0 Å². The van der Waals surface area contributed by atoms with Crippen molar-refractivity contribution in [1.82, 2.24) is 0 Å². The molecule has 0 saturated carbocycles. The van der Waals surface area contributed by atoms with Crippen LogP contribution < -0.4 is 0 Å². The van der Waals surface area contributed by atoms with Crippen LogP contribution in [0.15, 0.2) is 24.3 Å². The number of hydrogen-bond donors (Lipinski definition) is 2. The Morgan fingerprint density at radius 3 is 2.86 bits per heavy atom. The fourth-order valence-electron chi connectivity index (χ4n) is 1.10. The topological polar surface area (TPSA) is 20.2 Å². The molecule has 0 aliphatic rings. The smallest absolute Gasteiger partial charge is 0.130 e. The highest BCUT2D eigenvalue weighted by molar-refractivity contribution is 7.80. The number of thiol groups is 1. The van der Waals surface area contributed by atoms with Gasteiger partial charge in [-0.05, 0) is 29.9 Å². The molecule has 76 valence electrons. The maximum absolute atomic E-state index is 13.2. The monoisotopic (exact) mass is 212 g/mol. The number of benzene rings is 1. The first-order valence-electron chi connectivity index (χ1n) is 4.44. The fourth-order valence-corrected chi connectivity index (χ4v) is 1.25. The minimum atomic E-state index is -0.266. The normalized spacial score (nSPS) is 11.1. The van der Waals surface area contributed by atoms with Gasteiger partial charge in [-0.25, -0.2) is 4.39 Å². The van der Waals surface area contributed by atoms with Gasteiger partial charge in [-0.2, -0.15) is 12.6 Å². The van der Waals surface area contributed by atoms with Crippen LogP contribution in [-0.4, -0.2) is 10.9 Å². The molecule has 0 fully saturated rings. The van der Waals surface area contributed by atoms with Gasteiger partial charge < -0.3 is 5.11 Å². The van der Waals surface area contributed by atoms with E-state index in [1.54, 1.807) is 18.2 Å². The third-order valence-electron chi connectivity index (χ3n) is 1.84. The lowest BCUT2D eigenvalue weighted by molar-refractivity contribution is 0.281. The van der Waals surface area contributed by atoms with E-state index in [2.05, 4.69) is 12.6 Å². The van der Waals surface area contributed by atoms with E-state index in [1.807, 2.05) is 6.08 Å². The third kappa shape index (κ3) is 3.16. The molecule has 1 nitrogen and oxygen atoms in total. The maximum atomic E-state index is 13.2. The predicted molar refractivity (Wildman–Crippen MR) is 59.8 cm³/mol. The zero-order valence-electron chi connectivity index (χ0n) is 7.78. The van der Waals surface area contributed by atoms with E-state index in [9.17, 15) is 4.39 Å². The Morgan fingerprint density at radius 2 is 2.21 bits per heavy atom. The first kappa shape index (κ1) is 11.3. The second kappa shape index (κ2) is 5.83. The van der Waals surface area contributed by atoms with E-state index in [1.165, 1.54) is 6.07 Å². The summed E-state index contributed by atoms with van der Waals surface area (Å²) in [7, 11) is 0. The van der Waals surface area contributed by atoms with Crippen molar-refractivity contribution in [2.75, 3.05) is 5.75 Å². The minimum Gasteiger partial charge on any atom is -0.392 e. The molecule has 0 unspecified atom stereocenters. The van der Waals surface area contributed by atoms with Crippen LogP contribution in [0, 0.1) is 5.82 Å². The standard InChI is InChI=1S/C11H13FOS/c12-11-5-4-9(8-13)7-10(11)3-1-2-6-14/h1,3-5,7,13-14H,2,6,8H2. The fraction of sp³-hybridized carbons (Fsp3) is 0.273. The van der Waals surface area contributed by atoms with Crippen molar-refractivity contribution in [3.63, 3.8) is 0 Å². The Labute approximate surface area is 88.7 Å². The van der Waals surface area contributed by atoms with Gasteiger partial charge in [0, 0.05) is 5.56 Å². The lowest BCUT2D eigenvalue weighted by Gasteiger charge is -2.00. The van der Waals surface area contributed by atoms with E-state index < -0.39 is 0 Å². The number of aliphatic hydroxyl groups is 1. The summed E-state index contributed by atoms with van der Waals surface area (Å²) in [5.74, 6) is 0.482. The molecule has 0 aliphatic heterocycles. The summed E-state index contributed by atoms with van der Waals surface area (Å²) >= 11 is 4.05.